The fraction of sp³-hybridized carbons (Fsp3) is 0.579. The number of halogens is 3. The van der Waals surface area contributed by atoms with Crippen LogP contribution in [0.3, 0.4) is 0 Å². The van der Waals surface area contributed by atoms with Crippen LogP contribution in [0.15, 0.2) is 24.3 Å². The van der Waals surface area contributed by atoms with Crippen LogP contribution >= 0.6 is 0 Å². The molecule has 5 nitrogen and oxygen atoms in total. The Morgan fingerprint density at radius 3 is 2.15 bits per heavy atom. The average Bonchev–Trinajstić information content (AvgIpc) is 2.82. The largest absolute Gasteiger partial charge is 0.416 e. The molecule has 0 radical (unpaired) electrons. The molecule has 27 heavy (non-hydrogen) atoms. The predicted molar refractivity (Wildman–Crippen MR) is 91.7 cm³/mol. The van der Waals surface area contributed by atoms with E-state index in [1.165, 1.54) is 0 Å². The van der Waals surface area contributed by atoms with Crippen molar-refractivity contribution in [3.63, 3.8) is 0 Å². The van der Waals surface area contributed by atoms with Gasteiger partial charge in [-0.1, -0.05) is 44.2 Å². The van der Waals surface area contributed by atoms with Gasteiger partial charge in [0.05, 0.1) is 18.2 Å². The van der Waals surface area contributed by atoms with Crippen LogP contribution in [-0.2, 0) is 11.0 Å². The molecule has 1 aromatic rings. The zero-order valence-electron chi connectivity index (χ0n) is 14.9. The Bertz CT molecular complexity index is 695. The second kappa shape index (κ2) is 7.50. The molecular weight excluding hydrogens is 361 g/mol. The highest BCUT2D eigenvalue weighted by atomic mass is 19.4. The first-order chi connectivity index (χ1) is 12.7. The number of carbonyl (C=O) groups is 2. The Kier molecular flexibility index (Phi) is 5.46. The van der Waals surface area contributed by atoms with E-state index in [4.69, 9.17) is 0 Å². The summed E-state index contributed by atoms with van der Waals surface area (Å²) in [6.07, 6.45) is 0.286. The quantitative estimate of drug-likeness (QED) is 0.780. The standard InChI is InChI=1S/C19H23F3N2O3/c20-19(21,22)14-8-6-13(7-9-14)15(25)12-24-16(26)18(23-17(24)27)10-4-2-1-3-5-11-18/h6-9,15,25H,1-5,10-12H2,(H,23,27)/t15-/m0/s1. The minimum absolute atomic E-state index is 0.224. The summed E-state index contributed by atoms with van der Waals surface area (Å²) in [4.78, 5) is 26.2. The summed E-state index contributed by atoms with van der Waals surface area (Å²) in [6.45, 7) is -0.280. The van der Waals surface area contributed by atoms with E-state index < -0.39 is 29.4 Å². The molecule has 1 spiro atoms. The Morgan fingerprint density at radius 1 is 1.04 bits per heavy atom. The number of hydrogen-bond donors (Lipinski definition) is 2. The Hall–Kier alpha value is -2.09. The lowest BCUT2D eigenvalue weighted by Crippen LogP contribution is -2.47. The lowest BCUT2D eigenvalue weighted by Gasteiger charge is -2.28. The zero-order valence-corrected chi connectivity index (χ0v) is 14.9. The SMILES string of the molecule is O=C1NC2(CCCCCCC2)C(=O)N1C[C@H](O)c1ccc(C(F)(F)F)cc1. The first-order valence-corrected chi connectivity index (χ1v) is 9.22. The van der Waals surface area contributed by atoms with E-state index in [1.54, 1.807) is 0 Å². The van der Waals surface area contributed by atoms with Gasteiger partial charge < -0.3 is 10.4 Å². The van der Waals surface area contributed by atoms with Gasteiger partial charge in [-0.15, -0.1) is 0 Å². The van der Waals surface area contributed by atoms with E-state index in [0.717, 1.165) is 61.3 Å². The minimum Gasteiger partial charge on any atom is -0.387 e. The van der Waals surface area contributed by atoms with Crippen LogP contribution in [0.4, 0.5) is 18.0 Å². The number of aliphatic hydroxyl groups is 1. The first-order valence-electron chi connectivity index (χ1n) is 9.22. The van der Waals surface area contributed by atoms with Crippen molar-refractivity contribution < 1.29 is 27.9 Å². The van der Waals surface area contributed by atoms with Crippen molar-refractivity contribution in [2.24, 2.45) is 0 Å². The molecule has 1 aliphatic heterocycles. The fourth-order valence-electron chi connectivity index (χ4n) is 3.86. The highest BCUT2D eigenvalue weighted by Crippen LogP contribution is 2.33. The van der Waals surface area contributed by atoms with Crippen LogP contribution in [0.2, 0.25) is 0 Å². The van der Waals surface area contributed by atoms with Gasteiger partial charge in [0, 0.05) is 0 Å². The summed E-state index contributed by atoms with van der Waals surface area (Å²) in [7, 11) is 0. The smallest absolute Gasteiger partial charge is 0.387 e. The lowest BCUT2D eigenvalue weighted by atomic mass is 9.84. The maximum Gasteiger partial charge on any atom is 0.416 e. The van der Waals surface area contributed by atoms with E-state index >= 15 is 0 Å². The minimum atomic E-state index is -4.46. The van der Waals surface area contributed by atoms with Crippen LogP contribution in [-0.4, -0.2) is 34.0 Å². The third-order valence-corrected chi connectivity index (χ3v) is 5.43. The van der Waals surface area contributed by atoms with Crippen molar-refractivity contribution in [3.8, 4) is 0 Å². The highest BCUT2D eigenvalue weighted by Gasteiger charge is 2.50. The summed E-state index contributed by atoms with van der Waals surface area (Å²) in [6, 6.07) is 3.53. The monoisotopic (exact) mass is 384 g/mol. The van der Waals surface area contributed by atoms with Gasteiger partial charge in [-0.05, 0) is 30.5 Å². The van der Waals surface area contributed by atoms with E-state index in [-0.39, 0.29) is 18.0 Å². The topological polar surface area (TPSA) is 69.6 Å². The van der Waals surface area contributed by atoms with Crippen LogP contribution < -0.4 is 5.32 Å². The molecule has 0 bridgehead atoms. The number of alkyl halides is 3. The summed E-state index contributed by atoms with van der Waals surface area (Å²) in [5.74, 6) is -0.347. The third-order valence-electron chi connectivity index (χ3n) is 5.43. The number of nitrogens with one attached hydrogen (secondary N) is 1. The summed E-state index contributed by atoms with van der Waals surface area (Å²) >= 11 is 0. The fourth-order valence-corrected chi connectivity index (χ4v) is 3.86. The number of nitrogens with zero attached hydrogens (tertiary/aromatic N) is 1. The predicted octanol–water partition coefficient (Wildman–Crippen LogP) is 3.77. The van der Waals surface area contributed by atoms with Crippen molar-refractivity contribution in [1.29, 1.82) is 0 Å². The van der Waals surface area contributed by atoms with Crippen molar-refractivity contribution in [2.45, 2.75) is 62.8 Å². The van der Waals surface area contributed by atoms with E-state index in [0.29, 0.717) is 12.8 Å². The summed E-state index contributed by atoms with van der Waals surface area (Å²) in [5, 5.41) is 13.1. The molecule has 1 saturated heterocycles. The number of rotatable bonds is 3. The van der Waals surface area contributed by atoms with Gasteiger partial charge in [0.1, 0.15) is 5.54 Å². The van der Waals surface area contributed by atoms with E-state index in [9.17, 15) is 27.9 Å². The number of benzene rings is 1. The maximum absolute atomic E-state index is 12.9. The number of carbonyl (C=O) groups excluding carboxylic acids is 2. The van der Waals surface area contributed by atoms with Gasteiger partial charge >= 0.3 is 12.2 Å². The molecule has 1 atom stereocenters. The van der Waals surface area contributed by atoms with Crippen molar-refractivity contribution in [1.82, 2.24) is 10.2 Å². The molecule has 3 rings (SSSR count). The zero-order chi connectivity index (χ0) is 19.7. The van der Waals surface area contributed by atoms with Gasteiger partial charge in [0.25, 0.3) is 5.91 Å². The molecule has 1 aliphatic carbocycles. The van der Waals surface area contributed by atoms with Crippen LogP contribution in [0, 0.1) is 0 Å². The van der Waals surface area contributed by atoms with Gasteiger partial charge in [-0.25, -0.2) is 4.79 Å². The molecule has 0 unspecified atom stereocenters. The van der Waals surface area contributed by atoms with Crippen molar-refractivity contribution in [3.05, 3.63) is 35.4 Å². The number of aliphatic hydroxyl groups excluding tert-OH is 1. The van der Waals surface area contributed by atoms with E-state index in [1.807, 2.05) is 0 Å². The van der Waals surface area contributed by atoms with Gasteiger partial charge in [0.2, 0.25) is 0 Å². The maximum atomic E-state index is 12.9. The van der Waals surface area contributed by atoms with Crippen LogP contribution in [0.1, 0.15) is 62.2 Å². The van der Waals surface area contributed by atoms with Crippen molar-refractivity contribution in [2.75, 3.05) is 6.54 Å². The molecule has 0 aromatic heterocycles. The van der Waals surface area contributed by atoms with E-state index in [2.05, 4.69) is 5.32 Å². The molecule has 2 aliphatic rings. The first kappa shape index (κ1) is 19.7. The molecule has 1 saturated carbocycles. The van der Waals surface area contributed by atoms with Crippen LogP contribution in [0.5, 0.6) is 0 Å². The number of amides is 3. The Morgan fingerprint density at radius 2 is 1.59 bits per heavy atom. The number of β-amino-alcohol motifs (C(OH)–C–C–N with tert-alkyl or cyclic N) is 1. The Labute approximate surface area is 155 Å². The molecule has 148 valence electrons. The Balaban J connectivity index is 1.71. The normalized spacial score (nSPS) is 21.7. The molecule has 3 amide bonds. The lowest BCUT2D eigenvalue weighted by molar-refractivity contribution is -0.137. The number of imide groups is 1. The summed E-state index contributed by atoms with van der Waals surface area (Å²) < 4.78 is 37.9. The molecule has 8 heteroatoms. The summed E-state index contributed by atoms with van der Waals surface area (Å²) in [5.41, 5.74) is -1.50. The molecule has 2 fully saturated rings. The molecule has 1 aromatic carbocycles. The van der Waals surface area contributed by atoms with Gasteiger partial charge in [0.15, 0.2) is 0 Å². The molecule has 1 heterocycles. The van der Waals surface area contributed by atoms with Gasteiger partial charge in [-0.3, -0.25) is 9.69 Å². The van der Waals surface area contributed by atoms with Crippen LogP contribution in [0.25, 0.3) is 0 Å². The highest BCUT2D eigenvalue weighted by molar-refractivity contribution is 6.07. The molecular formula is C19H23F3N2O3. The number of hydrogen-bond acceptors (Lipinski definition) is 3. The second-order valence-electron chi connectivity index (χ2n) is 7.33. The number of urea groups is 1. The second-order valence-corrected chi connectivity index (χ2v) is 7.33. The average molecular weight is 384 g/mol. The molecule has 2 N–H and O–H groups in total. The van der Waals surface area contributed by atoms with Crippen molar-refractivity contribution >= 4 is 11.9 Å². The van der Waals surface area contributed by atoms with Gasteiger partial charge in [-0.2, -0.15) is 13.2 Å². The third kappa shape index (κ3) is 4.10.